The van der Waals surface area contributed by atoms with Gasteiger partial charge in [0.25, 0.3) is 0 Å². The fourth-order valence-electron chi connectivity index (χ4n) is 3.93. The van der Waals surface area contributed by atoms with E-state index in [4.69, 9.17) is 5.73 Å². The molecule has 0 radical (unpaired) electrons. The number of aliphatic carboxylic acids is 1. The summed E-state index contributed by atoms with van der Waals surface area (Å²) in [5, 5.41) is 17.6. The number of nitrogens with one attached hydrogen (secondary N) is 5. The number of amides is 3. The van der Waals surface area contributed by atoms with Gasteiger partial charge in [0.2, 0.25) is 17.7 Å². The number of carbonyl (C=O) groups excluding carboxylic acids is 3. The number of benzene rings is 1. The van der Waals surface area contributed by atoms with Gasteiger partial charge in [-0.15, -0.1) is 0 Å². The minimum absolute atomic E-state index is 0.00875. The van der Waals surface area contributed by atoms with Crippen LogP contribution in [0.15, 0.2) is 55.4 Å². The van der Waals surface area contributed by atoms with Crippen LogP contribution in [-0.2, 0) is 38.4 Å². The SMILES string of the molecule is CSCCC(NC(=O)C(Cc1ccccc1)NC(=O)C(N)Cc1cnc[nH]1)C(=O)NC(Cc1cnc[nH]1)C(=O)O. The van der Waals surface area contributed by atoms with Gasteiger partial charge in [-0.05, 0) is 24.0 Å². The lowest BCUT2D eigenvalue weighted by Crippen LogP contribution is -2.58. The van der Waals surface area contributed by atoms with E-state index in [0.29, 0.717) is 17.1 Å². The number of rotatable bonds is 16. The lowest BCUT2D eigenvalue weighted by molar-refractivity contribution is -0.142. The molecule has 0 saturated carbocycles. The first kappa shape index (κ1) is 30.4. The Morgan fingerprint density at radius 1 is 0.850 bits per heavy atom. The van der Waals surface area contributed by atoms with Crippen molar-refractivity contribution in [2.75, 3.05) is 12.0 Å². The molecule has 14 heteroatoms. The van der Waals surface area contributed by atoms with E-state index in [1.165, 1.54) is 30.6 Å². The molecule has 3 rings (SSSR count). The average Bonchev–Trinajstić information content (AvgIpc) is 3.65. The maximum atomic E-state index is 13.5. The molecule has 0 saturated heterocycles. The van der Waals surface area contributed by atoms with Gasteiger partial charge < -0.3 is 36.8 Å². The van der Waals surface area contributed by atoms with Crippen LogP contribution in [0.25, 0.3) is 0 Å². The number of aromatic amines is 2. The van der Waals surface area contributed by atoms with E-state index < -0.39 is 47.9 Å². The molecule has 4 unspecified atom stereocenters. The lowest BCUT2D eigenvalue weighted by Gasteiger charge is -2.25. The molecule has 2 heterocycles. The Morgan fingerprint density at radius 2 is 1.43 bits per heavy atom. The first-order chi connectivity index (χ1) is 19.3. The summed E-state index contributed by atoms with van der Waals surface area (Å²) < 4.78 is 0. The summed E-state index contributed by atoms with van der Waals surface area (Å²) in [5.41, 5.74) is 8.08. The molecule has 3 aromatic rings. The zero-order chi connectivity index (χ0) is 28.9. The summed E-state index contributed by atoms with van der Waals surface area (Å²) in [6, 6.07) is 4.87. The van der Waals surface area contributed by atoms with E-state index in [0.717, 1.165) is 5.56 Å². The molecule has 3 amide bonds. The van der Waals surface area contributed by atoms with Crippen molar-refractivity contribution >= 4 is 35.5 Å². The van der Waals surface area contributed by atoms with Crippen LogP contribution in [0.5, 0.6) is 0 Å². The van der Waals surface area contributed by atoms with E-state index in [-0.39, 0.29) is 25.7 Å². The second-order valence-corrected chi connectivity index (χ2v) is 10.1. The molecule has 1 aromatic carbocycles. The van der Waals surface area contributed by atoms with Crippen molar-refractivity contribution in [2.45, 2.75) is 49.9 Å². The predicted molar refractivity (Wildman–Crippen MR) is 149 cm³/mol. The van der Waals surface area contributed by atoms with Crippen LogP contribution in [0.4, 0.5) is 0 Å². The summed E-state index contributed by atoms with van der Waals surface area (Å²) in [6.45, 7) is 0. The minimum Gasteiger partial charge on any atom is -0.480 e. The second kappa shape index (κ2) is 15.4. The van der Waals surface area contributed by atoms with E-state index >= 15 is 0 Å². The number of carboxylic acid groups (broad SMARTS) is 1. The van der Waals surface area contributed by atoms with Crippen LogP contribution in [0.2, 0.25) is 0 Å². The fourth-order valence-corrected chi connectivity index (χ4v) is 4.40. The first-order valence-electron chi connectivity index (χ1n) is 12.6. The summed E-state index contributed by atoms with van der Waals surface area (Å²) in [6.07, 6.45) is 8.38. The van der Waals surface area contributed by atoms with Crippen molar-refractivity contribution < 1.29 is 24.3 Å². The fraction of sp³-hybridized carbons (Fsp3) is 0.385. The minimum atomic E-state index is -1.23. The molecule has 214 valence electrons. The van der Waals surface area contributed by atoms with Gasteiger partial charge in [0.1, 0.15) is 18.1 Å². The number of imidazole rings is 2. The number of carbonyl (C=O) groups is 4. The number of hydrogen-bond donors (Lipinski definition) is 7. The van der Waals surface area contributed by atoms with Crippen molar-refractivity contribution in [3.8, 4) is 0 Å². The first-order valence-corrected chi connectivity index (χ1v) is 14.0. The Morgan fingerprint density at radius 3 is 2.00 bits per heavy atom. The molecule has 0 aliphatic heterocycles. The van der Waals surface area contributed by atoms with Crippen molar-refractivity contribution in [3.63, 3.8) is 0 Å². The molecule has 0 aliphatic rings. The summed E-state index contributed by atoms with van der Waals surface area (Å²) in [4.78, 5) is 64.9. The number of carboxylic acids is 1. The molecule has 40 heavy (non-hydrogen) atoms. The molecular weight excluding hydrogens is 536 g/mol. The highest BCUT2D eigenvalue weighted by molar-refractivity contribution is 7.98. The second-order valence-electron chi connectivity index (χ2n) is 9.16. The number of H-pyrrole nitrogens is 2. The lowest BCUT2D eigenvalue weighted by atomic mass is 10.0. The zero-order valence-electron chi connectivity index (χ0n) is 22.0. The van der Waals surface area contributed by atoms with Crippen molar-refractivity contribution in [3.05, 3.63) is 72.3 Å². The Kier molecular flexibility index (Phi) is 11.7. The monoisotopic (exact) mass is 570 g/mol. The largest absolute Gasteiger partial charge is 0.480 e. The smallest absolute Gasteiger partial charge is 0.326 e. The Hall–Kier alpha value is -4.17. The zero-order valence-corrected chi connectivity index (χ0v) is 22.8. The summed E-state index contributed by atoms with van der Waals surface area (Å²) in [5.74, 6) is -2.47. The quantitative estimate of drug-likeness (QED) is 0.121. The Bertz CT molecular complexity index is 1220. The topological polar surface area (TPSA) is 208 Å². The van der Waals surface area contributed by atoms with Gasteiger partial charge in [-0.1, -0.05) is 30.3 Å². The highest BCUT2D eigenvalue weighted by atomic mass is 32.2. The maximum absolute atomic E-state index is 13.5. The van der Waals surface area contributed by atoms with Crippen molar-refractivity contribution in [2.24, 2.45) is 5.73 Å². The van der Waals surface area contributed by atoms with Crippen molar-refractivity contribution in [1.29, 1.82) is 0 Å². The molecular formula is C26H34N8O5S. The molecule has 4 atom stereocenters. The van der Waals surface area contributed by atoms with Crippen LogP contribution in [0, 0.1) is 0 Å². The van der Waals surface area contributed by atoms with Gasteiger partial charge in [-0.3, -0.25) is 14.4 Å². The third kappa shape index (κ3) is 9.54. The van der Waals surface area contributed by atoms with E-state index in [1.807, 2.05) is 36.6 Å². The van der Waals surface area contributed by atoms with E-state index in [2.05, 4.69) is 35.9 Å². The number of thioether (sulfide) groups is 1. The highest BCUT2D eigenvalue weighted by Crippen LogP contribution is 2.08. The molecule has 0 aliphatic carbocycles. The highest BCUT2D eigenvalue weighted by Gasteiger charge is 2.30. The molecule has 0 fully saturated rings. The summed E-state index contributed by atoms with van der Waals surface area (Å²) in [7, 11) is 0. The number of nitrogens with two attached hydrogens (primary N) is 1. The third-order valence-electron chi connectivity index (χ3n) is 6.08. The van der Waals surface area contributed by atoms with Gasteiger partial charge >= 0.3 is 5.97 Å². The van der Waals surface area contributed by atoms with Crippen LogP contribution in [-0.4, -0.2) is 84.9 Å². The van der Waals surface area contributed by atoms with E-state index in [1.54, 1.807) is 6.20 Å². The number of aromatic nitrogens is 4. The van der Waals surface area contributed by atoms with E-state index in [9.17, 15) is 24.3 Å². The Labute approximate surface area is 235 Å². The third-order valence-corrected chi connectivity index (χ3v) is 6.73. The van der Waals surface area contributed by atoms with Crippen LogP contribution >= 0.6 is 11.8 Å². The molecule has 0 spiro atoms. The normalized spacial score (nSPS) is 13.9. The van der Waals surface area contributed by atoms with Gasteiger partial charge in [0.05, 0.1) is 18.7 Å². The van der Waals surface area contributed by atoms with Crippen LogP contribution < -0.4 is 21.7 Å². The molecule has 8 N–H and O–H groups in total. The summed E-state index contributed by atoms with van der Waals surface area (Å²) >= 11 is 1.48. The maximum Gasteiger partial charge on any atom is 0.326 e. The number of nitrogens with zero attached hydrogens (tertiary/aromatic N) is 2. The van der Waals surface area contributed by atoms with Crippen LogP contribution in [0.3, 0.4) is 0 Å². The molecule has 13 nitrogen and oxygen atoms in total. The molecule has 0 bridgehead atoms. The van der Waals surface area contributed by atoms with Gasteiger partial charge in [-0.2, -0.15) is 11.8 Å². The Balaban J connectivity index is 1.73. The standard InChI is InChI=1S/C26H34N8O5S/c1-40-8-7-20(24(36)34-22(26(38)39)11-18-13-29-15-31-18)32-25(37)21(9-16-5-3-2-4-6-16)33-23(35)19(27)10-17-12-28-14-30-17/h2-6,12-15,19-22H,7-11,27H2,1H3,(H,28,30)(H,29,31)(H,32,37)(H,33,35)(H,34,36)(H,38,39). The van der Waals surface area contributed by atoms with Crippen LogP contribution in [0.1, 0.15) is 23.4 Å². The van der Waals surface area contributed by atoms with Crippen molar-refractivity contribution in [1.82, 2.24) is 35.9 Å². The molecule has 2 aromatic heterocycles. The van der Waals surface area contributed by atoms with Gasteiger partial charge in [0.15, 0.2) is 0 Å². The number of hydrogen-bond acceptors (Lipinski definition) is 8. The van der Waals surface area contributed by atoms with Gasteiger partial charge in [-0.25, -0.2) is 14.8 Å². The predicted octanol–water partition coefficient (Wildman–Crippen LogP) is -0.220. The van der Waals surface area contributed by atoms with Gasteiger partial charge in [0, 0.05) is 43.0 Å². The average molecular weight is 571 g/mol.